The van der Waals surface area contributed by atoms with E-state index in [0.717, 1.165) is 12.3 Å². The van der Waals surface area contributed by atoms with E-state index in [0.29, 0.717) is 22.3 Å². The fourth-order valence-corrected chi connectivity index (χ4v) is 3.43. The van der Waals surface area contributed by atoms with Gasteiger partial charge in [-0.3, -0.25) is 0 Å². The average Bonchev–Trinajstić information content (AvgIpc) is 2.60. The zero-order valence-electron chi connectivity index (χ0n) is 14.8. The fourth-order valence-electron chi connectivity index (χ4n) is 2.70. The number of hydrogen-bond acceptors (Lipinski definition) is 6. The average molecular weight is 393 g/mol. The van der Waals surface area contributed by atoms with Gasteiger partial charge < -0.3 is 10.1 Å². The Hall–Kier alpha value is -2.81. The van der Waals surface area contributed by atoms with Crippen molar-refractivity contribution in [3.8, 4) is 5.75 Å². The van der Waals surface area contributed by atoms with Gasteiger partial charge in [-0.2, -0.15) is 0 Å². The summed E-state index contributed by atoms with van der Waals surface area (Å²) in [7, 11) is -2.28. The molecule has 1 atom stereocenters. The van der Waals surface area contributed by atoms with Gasteiger partial charge in [-0.25, -0.2) is 27.2 Å². The van der Waals surface area contributed by atoms with Crippen LogP contribution in [0.1, 0.15) is 18.5 Å². The maximum atomic E-state index is 14.2. The van der Waals surface area contributed by atoms with Crippen molar-refractivity contribution in [3.63, 3.8) is 0 Å². The minimum absolute atomic E-state index is 0.0524. The molecule has 0 saturated heterocycles. The maximum Gasteiger partial charge on any atom is 0.178 e. The predicted octanol–water partition coefficient (Wildman–Crippen LogP) is 3.49. The highest BCUT2D eigenvalue weighted by Gasteiger charge is 2.17. The molecule has 1 heterocycles. The van der Waals surface area contributed by atoms with Crippen molar-refractivity contribution >= 4 is 26.6 Å². The summed E-state index contributed by atoms with van der Waals surface area (Å²) in [5.74, 6) is -0.893. The van der Waals surface area contributed by atoms with E-state index in [4.69, 9.17) is 4.74 Å². The molecule has 0 aliphatic heterocycles. The summed E-state index contributed by atoms with van der Waals surface area (Å²) in [5.41, 5.74) is 0.914. The fraction of sp³-hybridized carbons (Fsp3) is 0.222. The second-order valence-electron chi connectivity index (χ2n) is 6.05. The van der Waals surface area contributed by atoms with Gasteiger partial charge in [0, 0.05) is 17.7 Å². The number of rotatable bonds is 5. The van der Waals surface area contributed by atoms with Crippen molar-refractivity contribution in [2.24, 2.45) is 0 Å². The molecule has 27 heavy (non-hydrogen) atoms. The van der Waals surface area contributed by atoms with E-state index in [1.807, 2.05) is 0 Å². The molecule has 1 N–H and O–H groups in total. The highest BCUT2D eigenvalue weighted by atomic mass is 32.2. The molecule has 2 aromatic carbocycles. The Balaban J connectivity index is 1.97. The Kier molecular flexibility index (Phi) is 4.97. The summed E-state index contributed by atoms with van der Waals surface area (Å²) < 4.78 is 56.1. The molecule has 0 bridgehead atoms. The third-order valence-electron chi connectivity index (χ3n) is 4.12. The van der Waals surface area contributed by atoms with Crippen molar-refractivity contribution in [3.05, 3.63) is 53.9 Å². The Labute approximate surface area is 155 Å². The lowest BCUT2D eigenvalue weighted by Crippen LogP contribution is -2.10. The summed E-state index contributed by atoms with van der Waals surface area (Å²) >= 11 is 0. The Morgan fingerprint density at radius 1 is 1.11 bits per heavy atom. The number of anilines is 1. The van der Waals surface area contributed by atoms with Crippen molar-refractivity contribution in [1.29, 1.82) is 0 Å². The van der Waals surface area contributed by atoms with Gasteiger partial charge in [0.1, 0.15) is 22.9 Å². The van der Waals surface area contributed by atoms with Crippen LogP contribution in [0.3, 0.4) is 0 Å². The second-order valence-corrected chi connectivity index (χ2v) is 8.04. The normalized spacial score (nSPS) is 12.8. The number of nitrogens with one attached hydrogen (secondary N) is 1. The van der Waals surface area contributed by atoms with E-state index >= 15 is 0 Å². The SMILES string of the molecule is COc1cc2c(NC(C)c3ccc(S(C)(=O)=O)c(F)c3)ncnc2cc1F. The molecule has 6 nitrogen and oxygen atoms in total. The van der Waals surface area contributed by atoms with E-state index in [2.05, 4.69) is 15.3 Å². The van der Waals surface area contributed by atoms with Crippen LogP contribution in [0.4, 0.5) is 14.6 Å². The first-order valence-electron chi connectivity index (χ1n) is 7.95. The van der Waals surface area contributed by atoms with Crippen molar-refractivity contribution in [2.75, 3.05) is 18.7 Å². The van der Waals surface area contributed by atoms with Gasteiger partial charge in [0.2, 0.25) is 0 Å². The standard InChI is InChI=1S/C18H17F2N3O3S/c1-10(11-4-5-17(14(20)6-11)27(3,24)25)23-18-12-7-16(26-2)13(19)8-15(12)21-9-22-18/h4-10H,1-3H3,(H,21,22,23). The molecule has 3 rings (SSSR count). The van der Waals surface area contributed by atoms with Crippen LogP contribution >= 0.6 is 0 Å². The summed E-state index contributed by atoms with van der Waals surface area (Å²) in [5, 5.41) is 3.65. The second kappa shape index (κ2) is 7.07. The third kappa shape index (κ3) is 3.82. The quantitative estimate of drug-likeness (QED) is 0.715. The summed E-state index contributed by atoms with van der Waals surface area (Å²) in [6, 6.07) is 6.24. The number of benzene rings is 2. The minimum Gasteiger partial charge on any atom is -0.494 e. The Morgan fingerprint density at radius 2 is 1.85 bits per heavy atom. The lowest BCUT2D eigenvalue weighted by Gasteiger charge is -2.17. The molecule has 1 aromatic heterocycles. The highest BCUT2D eigenvalue weighted by Crippen LogP contribution is 2.30. The van der Waals surface area contributed by atoms with Crippen LogP contribution in [-0.4, -0.2) is 31.8 Å². The molecule has 0 spiro atoms. The van der Waals surface area contributed by atoms with Crippen LogP contribution in [0.25, 0.3) is 10.9 Å². The molecule has 3 aromatic rings. The zero-order valence-corrected chi connectivity index (χ0v) is 15.6. The first kappa shape index (κ1) is 19.0. The molecule has 0 aliphatic carbocycles. The Morgan fingerprint density at radius 3 is 2.48 bits per heavy atom. The van der Waals surface area contributed by atoms with Gasteiger partial charge in [-0.15, -0.1) is 0 Å². The van der Waals surface area contributed by atoms with E-state index in [1.54, 1.807) is 6.92 Å². The number of ether oxygens (including phenoxy) is 1. The molecule has 0 aliphatic rings. The van der Waals surface area contributed by atoms with Crippen LogP contribution in [0, 0.1) is 11.6 Å². The number of halogens is 2. The van der Waals surface area contributed by atoms with E-state index < -0.39 is 27.5 Å². The van der Waals surface area contributed by atoms with Gasteiger partial charge in [0.15, 0.2) is 21.4 Å². The molecule has 1 unspecified atom stereocenters. The van der Waals surface area contributed by atoms with Gasteiger partial charge in [0.05, 0.1) is 18.7 Å². The number of methoxy groups -OCH3 is 1. The number of fused-ring (bicyclic) bond motifs is 1. The minimum atomic E-state index is -3.64. The zero-order chi connectivity index (χ0) is 19.8. The van der Waals surface area contributed by atoms with Gasteiger partial charge in [0.25, 0.3) is 0 Å². The number of nitrogens with zero attached hydrogens (tertiary/aromatic N) is 2. The molecular formula is C18H17F2N3O3S. The predicted molar refractivity (Wildman–Crippen MR) is 97.6 cm³/mol. The topological polar surface area (TPSA) is 81.2 Å². The third-order valence-corrected chi connectivity index (χ3v) is 5.25. The Bertz CT molecular complexity index is 1120. The number of sulfone groups is 1. The van der Waals surface area contributed by atoms with Gasteiger partial charge >= 0.3 is 0 Å². The maximum absolute atomic E-state index is 14.2. The summed E-state index contributed by atoms with van der Waals surface area (Å²) in [4.78, 5) is 7.85. The molecule has 0 fully saturated rings. The van der Waals surface area contributed by atoms with Gasteiger partial charge in [-0.1, -0.05) is 6.07 Å². The molecule has 142 valence electrons. The first-order chi connectivity index (χ1) is 12.7. The summed E-state index contributed by atoms with van der Waals surface area (Å²) in [6.45, 7) is 1.77. The van der Waals surface area contributed by atoms with Crippen molar-refractivity contribution in [1.82, 2.24) is 9.97 Å². The van der Waals surface area contributed by atoms with E-state index in [9.17, 15) is 17.2 Å². The lowest BCUT2D eigenvalue weighted by molar-refractivity contribution is 0.387. The highest BCUT2D eigenvalue weighted by molar-refractivity contribution is 7.90. The summed E-state index contributed by atoms with van der Waals surface area (Å²) in [6.07, 6.45) is 2.24. The molecule has 0 amide bonds. The van der Waals surface area contributed by atoms with Crippen LogP contribution in [0.5, 0.6) is 5.75 Å². The van der Waals surface area contributed by atoms with Gasteiger partial charge in [-0.05, 0) is 30.7 Å². The smallest absolute Gasteiger partial charge is 0.178 e. The number of aromatic nitrogens is 2. The molecule has 0 saturated carbocycles. The van der Waals surface area contributed by atoms with Crippen molar-refractivity contribution < 1.29 is 21.9 Å². The van der Waals surface area contributed by atoms with Crippen molar-refractivity contribution in [2.45, 2.75) is 17.9 Å². The monoisotopic (exact) mass is 393 g/mol. The largest absolute Gasteiger partial charge is 0.494 e. The first-order valence-corrected chi connectivity index (χ1v) is 9.84. The molecular weight excluding hydrogens is 376 g/mol. The lowest BCUT2D eigenvalue weighted by atomic mass is 10.1. The number of hydrogen-bond donors (Lipinski definition) is 1. The van der Waals surface area contributed by atoms with E-state index in [-0.39, 0.29) is 10.6 Å². The van der Waals surface area contributed by atoms with Crippen LogP contribution in [0.2, 0.25) is 0 Å². The van der Waals surface area contributed by atoms with Crippen LogP contribution in [0.15, 0.2) is 41.6 Å². The van der Waals surface area contributed by atoms with Crippen LogP contribution < -0.4 is 10.1 Å². The van der Waals surface area contributed by atoms with Crippen LogP contribution in [-0.2, 0) is 9.84 Å². The molecule has 9 heteroatoms. The molecule has 0 radical (unpaired) electrons. The van der Waals surface area contributed by atoms with E-state index in [1.165, 1.54) is 37.7 Å².